The largest absolute Gasteiger partial charge is 0.490 e. The molecule has 0 saturated carbocycles. The average molecular weight is 433 g/mol. The first-order valence-corrected chi connectivity index (χ1v) is 11.5. The maximum absolute atomic E-state index is 12.5. The van der Waals surface area contributed by atoms with Crippen molar-refractivity contribution in [2.75, 3.05) is 33.2 Å². The van der Waals surface area contributed by atoms with Crippen molar-refractivity contribution in [2.24, 2.45) is 0 Å². The number of ether oxygens (including phenoxy) is 1. The van der Waals surface area contributed by atoms with Crippen molar-refractivity contribution in [3.8, 4) is 5.75 Å². The highest BCUT2D eigenvalue weighted by molar-refractivity contribution is 5.85. The van der Waals surface area contributed by atoms with Gasteiger partial charge in [-0.15, -0.1) is 0 Å². The van der Waals surface area contributed by atoms with E-state index in [0.29, 0.717) is 12.8 Å². The lowest BCUT2D eigenvalue weighted by Gasteiger charge is -2.24. The molecular weight excluding hydrogens is 400 g/mol. The van der Waals surface area contributed by atoms with Gasteiger partial charge in [0.1, 0.15) is 17.6 Å². The van der Waals surface area contributed by atoms with Crippen molar-refractivity contribution in [3.05, 3.63) is 66.2 Å². The summed E-state index contributed by atoms with van der Waals surface area (Å²) in [5.74, 6) is 1.10. The predicted molar refractivity (Wildman–Crippen MR) is 127 cm³/mol. The van der Waals surface area contributed by atoms with E-state index >= 15 is 0 Å². The van der Waals surface area contributed by atoms with Crippen LogP contribution in [-0.2, 0) is 17.6 Å². The second-order valence-corrected chi connectivity index (χ2v) is 8.59. The number of carbonyl (C=O) groups excluding carboxylic acids is 1. The zero-order valence-electron chi connectivity index (χ0n) is 18.8. The molecule has 168 valence electrons. The molecule has 0 spiro atoms. The lowest BCUT2D eigenvalue weighted by Crippen LogP contribution is -2.34. The number of likely N-dealkylation sites (N-methyl/N-ethyl adjacent to an activating group) is 1. The number of rotatable bonds is 10. The number of aromatic nitrogens is 2. The van der Waals surface area contributed by atoms with Gasteiger partial charge in [0.25, 0.3) is 0 Å². The molecular formula is C26H32N4O2. The minimum atomic E-state index is 0.212. The van der Waals surface area contributed by atoms with Gasteiger partial charge < -0.3 is 15.0 Å². The molecule has 1 fully saturated rings. The van der Waals surface area contributed by atoms with Crippen molar-refractivity contribution >= 4 is 16.6 Å². The third kappa shape index (κ3) is 6.58. The van der Waals surface area contributed by atoms with Crippen molar-refractivity contribution in [1.29, 1.82) is 0 Å². The minimum Gasteiger partial charge on any atom is -0.490 e. The summed E-state index contributed by atoms with van der Waals surface area (Å²) in [5, 5.41) is 5.50. The molecule has 0 bridgehead atoms. The van der Waals surface area contributed by atoms with E-state index in [1.807, 2.05) is 48.8 Å². The second kappa shape index (κ2) is 11.2. The molecule has 1 aliphatic heterocycles. The average Bonchev–Trinajstić information content (AvgIpc) is 2.82. The van der Waals surface area contributed by atoms with Gasteiger partial charge in [0, 0.05) is 61.5 Å². The third-order valence-electron chi connectivity index (χ3n) is 5.97. The maximum Gasteiger partial charge on any atom is 0.140 e. The first kappa shape index (κ1) is 22.4. The number of fused-ring (bicyclic) bond motifs is 1. The van der Waals surface area contributed by atoms with Gasteiger partial charge in [-0.2, -0.15) is 0 Å². The summed E-state index contributed by atoms with van der Waals surface area (Å²) < 4.78 is 6.17. The number of hydrogen-bond acceptors (Lipinski definition) is 6. The van der Waals surface area contributed by atoms with Crippen LogP contribution >= 0.6 is 0 Å². The minimum absolute atomic E-state index is 0.212. The summed E-state index contributed by atoms with van der Waals surface area (Å²) in [6.07, 6.45) is 7.78. The fourth-order valence-corrected chi connectivity index (χ4v) is 4.01. The van der Waals surface area contributed by atoms with Crippen LogP contribution in [0.25, 0.3) is 10.8 Å². The fraction of sp³-hybridized carbons (Fsp3) is 0.423. The van der Waals surface area contributed by atoms with Crippen LogP contribution in [0.3, 0.4) is 0 Å². The standard InChI is InChI=1S/C26H32N4O2/c1-30(14-9-22-4-2-3-11-28-22)15-10-24(31)18-23-16-21-17-26(6-5-20(21)19-29-23)32-25-7-12-27-13-8-25/h2-6,11,16-17,19,25,27H,7-10,12-15,18H2,1H3. The van der Waals surface area contributed by atoms with E-state index in [0.717, 1.165) is 73.4 Å². The van der Waals surface area contributed by atoms with Gasteiger partial charge in [-0.25, -0.2) is 0 Å². The first-order valence-electron chi connectivity index (χ1n) is 11.5. The zero-order valence-corrected chi connectivity index (χ0v) is 18.8. The van der Waals surface area contributed by atoms with Gasteiger partial charge in [-0.1, -0.05) is 6.07 Å². The predicted octanol–water partition coefficient (Wildman–Crippen LogP) is 3.44. The van der Waals surface area contributed by atoms with Crippen molar-refractivity contribution in [3.63, 3.8) is 0 Å². The molecule has 0 unspecified atom stereocenters. The Morgan fingerprint density at radius 2 is 1.94 bits per heavy atom. The van der Waals surface area contributed by atoms with Crippen LogP contribution in [0.15, 0.2) is 54.9 Å². The topological polar surface area (TPSA) is 67.3 Å². The highest BCUT2D eigenvalue weighted by atomic mass is 16.5. The lowest BCUT2D eigenvalue weighted by molar-refractivity contribution is -0.118. The van der Waals surface area contributed by atoms with Crippen molar-refractivity contribution in [2.45, 2.75) is 38.2 Å². The van der Waals surface area contributed by atoms with Crippen molar-refractivity contribution in [1.82, 2.24) is 20.2 Å². The molecule has 6 heteroatoms. The van der Waals surface area contributed by atoms with E-state index in [1.165, 1.54) is 0 Å². The zero-order chi connectivity index (χ0) is 22.2. The Kier molecular flexibility index (Phi) is 7.80. The summed E-state index contributed by atoms with van der Waals surface area (Å²) in [6.45, 7) is 3.64. The molecule has 3 heterocycles. The Balaban J connectivity index is 1.28. The Morgan fingerprint density at radius 1 is 1.06 bits per heavy atom. The highest BCUT2D eigenvalue weighted by Crippen LogP contribution is 2.23. The normalized spacial score (nSPS) is 14.7. The van der Waals surface area contributed by atoms with Crippen LogP contribution in [-0.4, -0.2) is 60.0 Å². The van der Waals surface area contributed by atoms with Crippen LogP contribution in [0.1, 0.15) is 30.7 Å². The third-order valence-corrected chi connectivity index (χ3v) is 5.97. The van der Waals surface area contributed by atoms with Crippen LogP contribution in [0, 0.1) is 0 Å². The van der Waals surface area contributed by atoms with Gasteiger partial charge in [-0.3, -0.25) is 14.8 Å². The van der Waals surface area contributed by atoms with E-state index < -0.39 is 0 Å². The number of Topliss-reactive ketones (excluding diaryl/α,β-unsaturated/α-hetero) is 1. The van der Waals surface area contributed by atoms with Crippen LogP contribution in [0.4, 0.5) is 0 Å². The fourth-order valence-electron chi connectivity index (χ4n) is 4.01. The van der Waals surface area contributed by atoms with E-state index in [9.17, 15) is 4.79 Å². The Morgan fingerprint density at radius 3 is 2.75 bits per heavy atom. The summed E-state index contributed by atoms with van der Waals surface area (Å²) in [5.41, 5.74) is 1.90. The van der Waals surface area contributed by atoms with E-state index in [4.69, 9.17) is 4.74 Å². The van der Waals surface area contributed by atoms with Gasteiger partial charge in [-0.05, 0) is 74.8 Å². The van der Waals surface area contributed by atoms with Gasteiger partial charge in [0.05, 0.1) is 0 Å². The molecule has 1 aromatic carbocycles. The maximum atomic E-state index is 12.5. The number of benzene rings is 1. The first-order chi connectivity index (χ1) is 15.7. The van der Waals surface area contributed by atoms with Gasteiger partial charge in [0.2, 0.25) is 0 Å². The van der Waals surface area contributed by atoms with Crippen LogP contribution in [0.5, 0.6) is 5.75 Å². The van der Waals surface area contributed by atoms with Gasteiger partial charge >= 0.3 is 0 Å². The summed E-state index contributed by atoms with van der Waals surface area (Å²) in [4.78, 5) is 23.6. The quantitative estimate of drug-likeness (QED) is 0.529. The lowest BCUT2D eigenvalue weighted by atomic mass is 10.1. The Bertz CT molecular complexity index is 1020. The summed E-state index contributed by atoms with van der Waals surface area (Å²) in [6, 6.07) is 14.1. The number of ketones is 1. The Labute approximate surface area is 190 Å². The molecule has 3 aromatic rings. The van der Waals surface area contributed by atoms with E-state index in [2.05, 4.69) is 33.3 Å². The molecule has 2 aromatic heterocycles. The number of hydrogen-bond donors (Lipinski definition) is 1. The van der Waals surface area contributed by atoms with Gasteiger partial charge in [0.15, 0.2) is 0 Å². The van der Waals surface area contributed by atoms with Crippen LogP contribution in [0.2, 0.25) is 0 Å². The molecule has 0 aliphatic carbocycles. The number of pyridine rings is 2. The molecule has 1 N–H and O–H groups in total. The number of piperidine rings is 1. The molecule has 32 heavy (non-hydrogen) atoms. The molecule has 0 radical (unpaired) electrons. The number of carbonyl (C=O) groups is 1. The number of nitrogens with zero attached hydrogens (tertiary/aromatic N) is 3. The monoisotopic (exact) mass is 432 g/mol. The van der Waals surface area contributed by atoms with Crippen LogP contribution < -0.4 is 10.1 Å². The Hall–Kier alpha value is -2.83. The molecule has 1 aliphatic rings. The SMILES string of the molecule is CN(CCC(=O)Cc1cc2cc(OC3CCNCC3)ccc2cn1)CCc1ccccn1. The molecule has 0 atom stereocenters. The van der Waals surface area contributed by atoms with E-state index in [-0.39, 0.29) is 11.9 Å². The molecule has 1 saturated heterocycles. The smallest absolute Gasteiger partial charge is 0.140 e. The second-order valence-electron chi connectivity index (χ2n) is 8.59. The summed E-state index contributed by atoms with van der Waals surface area (Å²) in [7, 11) is 2.05. The van der Waals surface area contributed by atoms with E-state index in [1.54, 1.807) is 0 Å². The van der Waals surface area contributed by atoms with Crippen molar-refractivity contribution < 1.29 is 9.53 Å². The number of nitrogens with one attached hydrogen (secondary N) is 1. The molecule has 6 nitrogen and oxygen atoms in total. The highest BCUT2D eigenvalue weighted by Gasteiger charge is 2.15. The summed E-state index contributed by atoms with van der Waals surface area (Å²) >= 11 is 0. The molecule has 0 amide bonds. The molecule has 4 rings (SSSR count).